The molecule has 24 heavy (non-hydrogen) atoms. The highest BCUT2D eigenvalue weighted by molar-refractivity contribution is 5.93. The number of para-hydroxylation sites is 1. The van der Waals surface area contributed by atoms with Gasteiger partial charge < -0.3 is 20.9 Å². The smallest absolute Gasteiger partial charge is 0.319 e. The summed E-state index contributed by atoms with van der Waals surface area (Å²) in [6, 6.07) is 11.5. The predicted octanol–water partition coefficient (Wildman–Crippen LogP) is 2.29. The van der Waals surface area contributed by atoms with Gasteiger partial charge in [-0.05, 0) is 12.1 Å². The van der Waals surface area contributed by atoms with E-state index in [2.05, 4.69) is 26.0 Å². The van der Waals surface area contributed by atoms with E-state index < -0.39 is 0 Å². The minimum atomic E-state index is -0.320. The molecule has 0 aliphatic rings. The standard InChI is InChI=1S/C16H19N7O/c1-17-13-9-14(22(3)11-7-5-4-6-8-11)21-15-12(10-19-23(13)15)20-16(24)18-2/h4-10,17H,1-3H3,(H2,18,20,24). The van der Waals surface area contributed by atoms with Crippen LogP contribution in [0.1, 0.15) is 0 Å². The summed E-state index contributed by atoms with van der Waals surface area (Å²) in [5.74, 6) is 1.50. The number of rotatable bonds is 4. The first-order valence-electron chi connectivity index (χ1n) is 7.48. The number of aromatic nitrogens is 3. The average molecular weight is 325 g/mol. The Balaban J connectivity index is 2.09. The summed E-state index contributed by atoms with van der Waals surface area (Å²) in [6.45, 7) is 0. The molecular weight excluding hydrogens is 306 g/mol. The zero-order chi connectivity index (χ0) is 17.1. The third-order valence-corrected chi connectivity index (χ3v) is 3.68. The molecule has 2 aromatic heterocycles. The van der Waals surface area contributed by atoms with Crippen molar-refractivity contribution in [1.29, 1.82) is 0 Å². The van der Waals surface area contributed by atoms with Crippen LogP contribution in [0, 0.1) is 0 Å². The quantitative estimate of drug-likeness (QED) is 0.685. The molecule has 8 heteroatoms. The monoisotopic (exact) mass is 325 g/mol. The molecule has 2 heterocycles. The first-order valence-corrected chi connectivity index (χ1v) is 7.48. The van der Waals surface area contributed by atoms with Crippen LogP contribution >= 0.6 is 0 Å². The largest absolute Gasteiger partial charge is 0.373 e. The zero-order valence-electron chi connectivity index (χ0n) is 13.7. The summed E-state index contributed by atoms with van der Waals surface area (Å²) in [6.07, 6.45) is 1.57. The van der Waals surface area contributed by atoms with Gasteiger partial charge in [-0.2, -0.15) is 9.61 Å². The number of urea groups is 1. The Bertz CT molecular complexity index is 859. The highest BCUT2D eigenvalue weighted by Crippen LogP contribution is 2.27. The summed E-state index contributed by atoms with van der Waals surface area (Å²) in [7, 11) is 5.31. The average Bonchev–Trinajstić information content (AvgIpc) is 3.03. The second kappa shape index (κ2) is 6.45. The lowest BCUT2D eigenvalue weighted by Gasteiger charge is -2.19. The lowest BCUT2D eigenvalue weighted by Crippen LogP contribution is -2.24. The SMILES string of the molecule is CNC(=O)Nc1cnn2c(NC)cc(N(C)c3ccccc3)nc12. The lowest BCUT2D eigenvalue weighted by atomic mass is 10.3. The molecule has 3 rings (SSSR count). The molecule has 0 saturated heterocycles. The van der Waals surface area contributed by atoms with Crippen molar-refractivity contribution in [2.45, 2.75) is 0 Å². The van der Waals surface area contributed by atoms with Gasteiger partial charge in [0.1, 0.15) is 17.3 Å². The third kappa shape index (κ3) is 2.81. The molecule has 8 nitrogen and oxygen atoms in total. The van der Waals surface area contributed by atoms with Crippen molar-refractivity contribution >= 4 is 34.7 Å². The van der Waals surface area contributed by atoms with E-state index in [9.17, 15) is 4.79 Å². The molecule has 0 spiro atoms. The number of amides is 2. The number of nitrogens with zero attached hydrogens (tertiary/aromatic N) is 4. The fourth-order valence-corrected chi connectivity index (χ4v) is 2.36. The molecular formula is C16H19N7O. The van der Waals surface area contributed by atoms with E-state index in [1.165, 1.54) is 0 Å². The van der Waals surface area contributed by atoms with Crippen LogP contribution in [0.4, 0.5) is 27.8 Å². The Hall–Kier alpha value is -3.29. The number of carbonyl (C=O) groups is 1. The van der Waals surface area contributed by atoms with Gasteiger partial charge in [0.15, 0.2) is 5.65 Å². The van der Waals surface area contributed by atoms with Gasteiger partial charge in [0, 0.05) is 32.9 Å². The van der Waals surface area contributed by atoms with Crippen LogP contribution in [0.5, 0.6) is 0 Å². The molecule has 0 fully saturated rings. The molecule has 0 radical (unpaired) electrons. The van der Waals surface area contributed by atoms with Crippen LogP contribution in [-0.4, -0.2) is 41.8 Å². The Labute approximate surface area is 139 Å². The van der Waals surface area contributed by atoms with E-state index >= 15 is 0 Å². The summed E-state index contributed by atoms with van der Waals surface area (Å²) in [5.41, 5.74) is 2.11. The van der Waals surface area contributed by atoms with Crippen LogP contribution in [0.15, 0.2) is 42.6 Å². The first-order chi connectivity index (χ1) is 11.6. The molecule has 3 N–H and O–H groups in total. The first kappa shape index (κ1) is 15.6. The maximum Gasteiger partial charge on any atom is 0.319 e. The number of hydrogen-bond acceptors (Lipinski definition) is 5. The van der Waals surface area contributed by atoms with E-state index in [0.29, 0.717) is 11.3 Å². The van der Waals surface area contributed by atoms with Crippen molar-refractivity contribution in [3.05, 3.63) is 42.6 Å². The molecule has 3 aromatic rings. The zero-order valence-corrected chi connectivity index (χ0v) is 13.7. The van der Waals surface area contributed by atoms with Crippen LogP contribution in [0.3, 0.4) is 0 Å². The van der Waals surface area contributed by atoms with Crippen molar-refractivity contribution in [2.75, 3.05) is 36.7 Å². The number of fused-ring (bicyclic) bond motifs is 1. The second-order valence-corrected chi connectivity index (χ2v) is 5.14. The fraction of sp³-hybridized carbons (Fsp3) is 0.188. The molecule has 0 unspecified atom stereocenters. The Kier molecular flexibility index (Phi) is 4.19. The highest BCUT2D eigenvalue weighted by atomic mass is 16.2. The molecule has 0 aliphatic heterocycles. The molecule has 1 aromatic carbocycles. The number of benzene rings is 1. The summed E-state index contributed by atoms with van der Waals surface area (Å²) < 4.78 is 1.65. The molecule has 0 aliphatic carbocycles. The lowest BCUT2D eigenvalue weighted by molar-refractivity contribution is 0.254. The van der Waals surface area contributed by atoms with Gasteiger partial charge in [0.2, 0.25) is 0 Å². The Morgan fingerprint density at radius 1 is 1.21 bits per heavy atom. The fourth-order valence-electron chi connectivity index (χ4n) is 2.36. The number of nitrogens with one attached hydrogen (secondary N) is 3. The van der Waals surface area contributed by atoms with Gasteiger partial charge >= 0.3 is 6.03 Å². The second-order valence-electron chi connectivity index (χ2n) is 5.14. The van der Waals surface area contributed by atoms with E-state index in [-0.39, 0.29) is 6.03 Å². The van der Waals surface area contributed by atoms with Crippen molar-refractivity contribution in [3.8, 4) is 0 Å². The highest BCUT2D eigenvalue weighted by Gasteiger charge is 2.15. The molecule has 2 amide bonds. The Morgan fingerprint density at radius 2 is 1.96 bits per heavy atom. The van der Waals surface area contributed by atoms with Gasteiger partial charge in [0.25, 0.3) is 0 Å². The van der Waals surface area contributed by atoms with Crippen molar-refractivity contribution in [2.24, 2.45) is 0 Å². The van der Waals surface area contributed by atoms with E-state index in [4.69, 9.17) is 0 Å². The van der Waals surface area contributed by atoms with E-state index in [1.807, 2.05) is 55.4 Å². The van der Waals surface area contributed by atoms with Gasteiger partial charge in [-0.1, -0.05) is 18.2 Å². The van der Waals surface area contributed by atoms with Crippen molar-refractivity contribution < 1.29 is 4.79 Å². The van der Waals surface area contributed by atoms with Crippen LogP contribution < -0.4 is 20.9 Å². The maximum atomic E-state index is 11.6. The minimum Gasteiger partial charge on any atom is -0.373 e. The summed E-state index contributed by atoms with van der Waals surface area (Å²) >= 11 is 0. The van der Waals surface area contributed by atoms with E-state index in [0.717, 1.165) is 17.3 Å². The Morgan fingerprint density at radius 3 is 2.62 bits per heavy atom. The molecule has 0 atom stereocenters. The summed E-state index contributed by atoms with van der Waals surface area (Å²) in [5, 5.41) is 12.6. The van der Waals surface area contributed by atoms with Crippen molar-refractivity contribution in [1.82, 2.24) is 19.9 Å². The van der Waals surface area contributed by atoms with Crippen LogP contribution in [0.25, 0.3) is 5.65 Å². The maximum absolute atomic E-state index is 11.6. The van der Waals surface area contributed by atoms with E-state index in [1.54, 1.807) is 17.8 Å². The minimum absolute atomic E-state index is 0.320. The van der Waals surface area contributed by atoms with Crippen LogP contribution in [-0.2, 0) is 0 Å². The van der Waals surface area contributed by atoms with Gasteiger partial charge in [-0.25, -0.2) is 9.78 Å². The number of carbonyl (C=O) groups excluding carboxylic acids is 1. The topological polar surface area (TPSA) is 86.6 Å². The number of hydrogen-bond donors (Lipinski definition) is 3. The molecule has 124 valence electrons. The number of anilines is 4. The predicted molar refractivity (Wildman–Crippen MR) is 95.1 cm³/mol. The van der Waals surface area contributed by atoms with Gasteiger partial charge in [-0.15, -0.1) is 0 Å². The summed E-state index contributed by atoms with van der Waals surface area (Å²) in [4.78, 5) is 18.2. The van der Waals surface area contributed by atoms with Crippen molar-refractivity contribution in [3.63, 3.8) is 0 Å². The van der Waals surface area contributed by atoms with Gasteiger partial charge in [-0.3, -0.25) is 0 Å². The third-order valence-electron chi connectivity index (χ3n) is 3.68. The normalized spacial score (nSPS) is 10.5. The molecule has 0 saturated carbocycles. The molecule has 0 bridgehead atoms. The van der Waals surface area contributed by atoms with Crippen LogP contribution in [0.2, 0.25) is 0 Å². The van der Waals surface area contributed by atoms with Gasteiger partial charge in [0.05, 0.1) is 6.20 Å².